The molecule has 0 unspecified atom stereocenters. The van der Waals surface area contributed by atoms with E-state index in [4.69, 9.17) is 4.52 Å². The number of benzene rings is 1. The van der Waals surface area contributed by atoms with Gasteiger partial charge in [-0.1, -0.05) is 29.4 Å². The highest BCUT2D eigenvalue weighted by molar-refractivity contribution is 5.91. The molecule has 1 saturated carbocycles. The predicted octanol–water partition coefficient (Wildman–Crippen LogP) is 2.23. The fourth-order valence-corrected chi connectivity index (χ4v) is 3.91. The number of likely N-dealkylation sites (N-methyl/N-ethyl adjacent to an activating group) is 1. The van der Waals surface area contributed by atoms with Crippen molar-refractivity contribution in [3.8, 4) is 0 Å². The van der Waals surface area contributed by atoms with E-state index in [9.17, 15) is 4.79 Å². The number of aromatic nitrogens is 2. The molecule has 25 heavy (non-hydrogen) atoms. The van der Waals surface area contributed by atoms with Crippen LogP contribution in [0, 0.1) is 13.8 Å². The number of carbonyl (C=O) groups excluding carboxylic acids is 1. The maximum atomic E-state index is 13.4. The molecule has 1 aliphatic heterocycles. The fourth-order valence-electron chi connectivity index (χ4n) is 3.91. The summed E-state index contributed by atoms with van der Waals surface area (Å²) < 4.78 is 5.37. The molecule has 0 bridgehead atoms. The van der Waals surface area contributed by atoms with Crippen molar-refractivity contribution < 1.29 is 9.32 Å². The molecule has 2 fully saturated rings. The van der Waals surface area contributed by atoms with Gasteiger partial charge in [-0.3, -0.25) is 9.69 Å². The molecule has 0 spiro atoms. The molecule has 6 nitrogen and oxygen atoms in total. The van der Waals surface area contributed by atoms with Crippen molar-refractivity contribution in [1.29, 1.82) is 0 Å². The molecule has 1 aromatic heterocycles. The number of amides is 1. The van der Waals surface area contributed by atoms with Crippen LogP contribution in [0.15, 0.2) is 28.8 Å². The maximum absolute atomic E-state index is 13.4. The topological polar surface area (TPSA) is 62.5 Å². The van der Waals surface area contributed by atoms with Crippen LogP contribution in [0.3, 0.4) is 0 Å². The summed E-state index contributed by atoms with van der Waals surface area (Å²) in [6.07, 6.45) is 1.88. The van der Waals surface area contributed by atoms with Gasteiger partial charge < -0.3 is 9.42 Å². The van der Waals surface area contributed by atoms with Gasteiger partial charge in [-0.25, -0.2) is 0 Å². The minimum absolute atomic E-state index is 0.0356. The molecule has 1 atom stereocenters. The Morgan fingerprint density at radius 1 is 1.24 bits per heavy atom. The molecule has 2 aromatic rings. The van der Waals surface area contributed by atoms with Gasteiger partial charge >= 0.3 is 0 Å². The van der Waals surface area contributed by atoms with Crippen LogP contribution >= 0.6 is 0 Å². The zero-order valence-electron chi connectivity index (χ0n) is 15.0. The summed E-state index contributed by atoms with van der Waals surface area (Å²) in [5.41, 5.74) is 2.06. The van der Waals surface area contributed by atoms with Crippen molar-refractivity contribution in [3.05, 3.63) is 47.1 Å². The van der Waals surface area contributed by atoms with Gasteiger partial charge in [0.2, 0.25) is 11.8 Å². The van der Waals surface area contributed by atoms with Crippen LogP contribution < -0.4 is 0 Å². The number of nitrogens with zero attached hydrogens (tertiary/aromatic N) is 4. The predicted molar refractivity (Wildman–Crippen MR) is 93.1 cm³/mol. The van der Waals surface area contributed by atoms with Gasteiger partial charge in [-0.2, -0.15) is 4.98 Å². The number of rotatable bonds is 3. The van der Waals surface area contributed by atoms with Gasteiger partial charge in [0, 0.05) is 19.6 Å². The first-order valence-electron chi connectivity index (χ1n) is 8.87. The Bertz CT molecular complexity index is 796. The van der Waals surface area contributed by atoms with Gasteiger partial charge in [0.05, 0.1) is 5.41 Å². The first kappa shape index (κ1) is 16.3. The van der Waals surface area contributed by atoms with Crippen LogP contribution in [0.4, 0.5) is 0 Å². The molecule has 1 amide bonds. The molecular formula is C19H24N4O2. The van der Waals surface area contributed by atoms with Crippen molar-refractivity contribution >= 4 is 5.91 Å². The lowest BCUT2D eigenvalue weighted by Gasteiger charge is -2.39. The molecule has 1 aromatic carbocycles. The standard InChI is InChI=1S/C19H24N4O2/c1-13-6-4-5-7-15(13)19(8-9-19)18(24)23-11-10-22(3)16(12-23)17-20-14(2)21-25-17/h4-7,16H,8-12H2,1-3H3/t16-/m0/s1. The normalized spacial score (nSPS) is 22.8. The minimum atomic E-state index is -0.323. The third kappa shape index (κ3) is 2.74. The monoisotopic (exact) mass is 340 g/mol. The van der Waals surface area contributed by atoms with Gasteiger partial charge in [0.25, 0.3) is 0 Å². The first-order valence-corrected chi connectivity index (χ1v) is 8.87. The SMILES string of the molecule is Cc1noc([C@@H]2CN(C(=O)C3(c4ccccc4C)CC3)CCN2C)n1. The van der Waals surface area contributed by atoms with Crippen LogP contribution in [-0.4, -0.2) is 52.5 Å². The number of aryl methyl sites for hydroxylation is 2. The van der Waals surface area contributed by atoms with Crippen LogP contribution in [-0.2, 0) is 10.2 Å². The summed E-state index contributed by atoms with van der Waals surface area (Å²) in [5, 5.41) is 3.90. The molecule has 1 aliphatic carbocycles. The van der Waals surface area contributed by atoms with Gasteiger partial charge in [-0.05, 0) is 44.9 Å². The van der Waals surface area contributed by atoms with Gasteiger partial charge in [-0.15, -0.1) is 0 Å². The van der Waals surface area contributed by atoms with E-state index < -0.39 is 0 Å². The summed E-state index contributed by atoms with van der Waals surface area (Å²) in [5.74, 6) is 1.47. The van der Waals surface area contributed by atoms with Crippen molar-refractivity contribution in [2.75, 3.05) is 26.7 Å². The Labute approximate surface area is 147 Å². The lowest BCUT2D eigenvalue weighted by Crippen LogP contribution is -2.52. The third-order valence-corrected chi connectivity index (χ3v) is 5.58. The molecule has 2 aliphatic rings. The summed E-state index contributed by atoms with van der Waals surface area (Å²) in [4.78, 5) is 21.9. The highest BCUT2D eigenvalue weighted by atomic mass is 16.5. The third-order valence-electron chi connectivity index (χ3n) is 5.58. The van der Waals surface area contributed by atoms with E-state index in [0.717, 1.165) is 25.9 Å². The van der Waals surface area contributed by atoms with Crippen molar-refractivity contribution in [3.63, 3.8) is 0 Å². The highest BCUT2D eigenvalue weighted by Gasteiger charge is 2.54. The van der Waals surface area contributed by atoms with E-state index in [1.165, 1.54) is 11.1 Å². The smallest absolute Gasteiger partial charge is 0.245 e. The zero-order chi connectivity index (χ0) is 17.6. The average Bonchev–Trinajstić information content (AvgIpc) is 3.30. The Balaban J connectivity index is 1.57. The second-order valence-corrected chi connectivity index (χ2v) is 7.32. The van der Waals surface area contributed by atoms with Crippen molar-refractivity contribution in [2.45, 2.75) is 38.1 Å². The summed E-state index contributed by atoms with van der Waals surface area (Å²) >= 11 is 0. The van der Waals surface area contributed by atoms with Crippen LogP contribution in [0.1, 0.15) is 41.7 Å². The number of carbonyl (C=O) groups is 1. The maximum Gasteiger partial charge on any atom is 0.245 e. The lowest BCUT2D eigenvalue weighted by atomic mass is 9.90. The van der Waals surface area contributed by atoms with Crippen molar-refractivity contribution in [1.82, 2.24) is 19.9 Å². The molecule has 6 heteroatoms. The second kappa shape index (κ2) is 5.95. The van der Waals surface area contributed by atoms with E-state index in [2.05, 4.69) is 34.1 Å². The number of piperazine rings is 1. The van der Waals surface area contributed by atoms with Gasteiger partial charge in [0.1, 0.15) is 6.04 Å². The second-order valence-electron chi connectivity index (χ2n) is 7.32. The largest absolute Gasteiger partial charge is 0.339 e. The summed E-state index contributed by atoms with van der Waals surface area (Å²) in [6, 6.07) is 8.23. The van der Waals surface area contributed by atoms with E-state index in [1.54, 1.807) is 0 Å². The highest BCUT2D eigenvalue weighted by Crippen LogP contribution is 2.51. The van der Waals surface area contributed by atoms with Crippen LogP contribution in [0.25, 0.3) is 0 Å². The number of hydrogen-bond acceptors (Lipinski definition) is 5. The first-order chi connectivity index (χ1) is 12.0. The quantitative estimate of drug-likeness (QED) is 0.857. The summed E-state index contributed by atoms with van der Waals surface area (Å²) in [6.45, 7) is 6.06. The zero-order valence-corrected chi connectivity index (χ0v) is 15.0. The fraction of sp³-hybridized carbons (Fsp3) is 0.526. The molecule has 0 N–H and O–H groups in total. The Morgan fingerprint density at radius 2 is 2.00 bits per heavy atom. The Kier molecular flexibility index (Phi) is 3.87. The van der Waals surface area contributed by atoms with Crippen molar-refractivity contribution in [2.24, 2.45) is 0 Å². The number of hydrogen-bond donors (Lipinski definition) is 0. The molecular weight excluding hydrogens is 316 g/mol. The van der Waals surface area contributed by atoms with E-state index in [0.29, 0.717) is 18.3 Å². The van der Waals surface area contributed by atoms with Gasteiger partial charge in [0.15, 0.2) is 5.82 Å². The molecule has 1 saturated heterocycles. The van der Waals surface area contributed by atoms with E-state index >= 15 is 0 Å². The molecule has 2 heterocycles. The van der Waals surface area contributed by atoms with E-state index in [1.807, 2.05) is 31.0 Å². The molecule has 0 radical (unpaired) electrons. The van der Waals surface area contributed by atoms with Crippen LogP contribution in [0.5, 0.6) is 0 Å². The minimum Gasteiger partial charge on any atom is -0.339 e. The Hall–Kier alpha value is -2.21. The Morgan fingerprint density at radius 3 is 2.64 bits per heavy atom. The lowest BCUT2D eigenvalue weighted by molar-refractivity contribution is -0.137. The molecule has 132 valence electrons. The summed E-state index contributed by atoms with van der Waals surface area (Å²) in [7, 11) is 2.04. The average molecular weight is 340 g/mol. The van der Waals surface area contributed by atoms with E-state index in [-0.39, 0.29) is 17.4 Å². The molecule has 4 rings (SSSR count). The van der Waals surface area contributed by atoms with Crippen LogP contribution in [0.2, 0.25) is 0 Å².